The van der Waals surface area contributed by atoms with Crippen LogP contribution in [0.4, 0.5) is 5.69 Å². The maximum atomic E-state index is 12.2. The molecule has 1 N–H and O–H groups in total. The van der Waals surface area contributed by atoms with Crippen LogP contribution in [0.3, 0.4) is 0 Å². The van der Waals surface area contributed by atoms with E-state index in [9.17, 15) is 9.59 Å². The second-order valence-electron chi connectivity index (χ2n) is 5.47. The van der Waals surface area contributed by atoms with Crippen LogP contribution in [0.15, 0.2) is 48.5 Å². The molecule has 0 aliphatic rings. The number of nitrogens with one attached hydrogen (secondary N) is 1. The second-order valence-corrected chi connectivity index (χ2v) is 6.32. The summed E-state index contributed by atoms with van der Waals surface area (Å²) in [4.78, 5) is 25.5. The Balaban J connectivity index is 1.93. The molecule has 0 bridgehead atoms. The molecule has 0 aromatic heterocycles. The third-order valence-electron chi connectivity index (χ3n) is 3.48. The van der Waals surface area contributed by atoms with Crippen LogP contribution in [0.5, 0.6) is 5.75 Å². The van der Waals surface area contributed by atoms with Gasteiger partial charge < -0.3 is 15.0 Å². The zero-order valence-corrected chi connectivity index (χ0v) is 15.8. The van der Waals surface area contributed by atoms with Crippen molar-refractivity contribution < 1.29 is 14.3 Å². The van der Waals surface area contributed by atoms with Crippen molar-refractivity contribution in [3.8, 4) is 5.75 Å². The molecule has 0 saturated heterocycles. The van der Waals surface area contributed by atoms with Gasteiger partial charge in [-0.15, -0.1) is 0 Å². The Bertz CT molecular complexity index is 837. The van der Waals surface area contributed by atoms with Crippen molar-refractivity contribution in [2.45, 2.75) is 0 Å². The van der Waals surface area contributed by atoms with E-state index in [1.54, 1.807) is 62.7 Å². The van der Waals surface area contributed by atoms with Gasteiger partial charge in [-0.25, -0.2) is 0 Å². The predicted molar refractivity (Wildman–Crippen MR) is 105 cm³/mol. The molecule has 0 aliphatic heterocycles. The normalized spacial score (nSPS) is 10.6. The number of carbonyl (C=O) groups excluding carboxylic acids is 2. The standard InChI is InChI=1S/C19H18Cl2N2O3/c1-23(12-18(24)22-15-4-3-5-16(11-15)26-2)19(25)9-7-13-6-8-14(20)10-17(13)21/h3-11H,12H2,1-2H3,(H,22,24)/b9-7+. The van der Waals surface area contributed by atoms with E-state index in [4.69, 9.17) is 27.9 Å². The average molecular weight is 393 g/mol. The van der Waals surface area contributed by atoms with Gasteiger partial charge in [0.1, 0.15) is 5.75 Å². The van der Waals surface area contributed by atoms with Gasteiger partial charge in [0, 0.05) is 34.9 Å². The van der Waals surface area contributed by atoms with Crippen LogP contribution in [0.25, 0.3) is 6.08 Å². The number of rotatable bonds is 6. The van der Waals surface area contributed by atoms with Crippen molar-refractivity contribution in [2.75, 3.05) is 26.0 Å². The number of anilines is 1. The van der Waals surface area contributed by atoms with Gasteiger partial charge in [-0.2, -0.15) is 0 Å². The minimum absolute atomic E-state index is 0.0886. The predicted octanol–water partition coefficient (Wildman–Crippen LogP) is 4.11. The molecule has 0 atom stereocenters. The first kappa shape index (κ1) is 19.8. The summed E-state index contributed by atoms with van der Waals surface area (Å²) in [5.74, 6) is -0.00107. The number of amides is 2. The molecule has 0 fully saturated rings. The Labute approximate surface area is 162 Å². The summed E-state index contributed by atoms with van der Waals surface area (Å²) >= 11 is 11.9. The number of hydrogen-bond donors (Lipinski definition) is 1. The molecule has 0 unspecified atom stereocenters. The molecule has 0 aliphatic carbocycles. The number of ether oxygens (including phenoxy) is 1. The largest absolute Gasteiger partial charge is 0.497 e. The van der Waals surface area contributed by atoms with E-state index < -0.39 is 0 Å². The minimum atomic E-state index is -0.322. The zero-order valence-electron chi connectivity index (χ0n) is 14.3. The molecule has 2 aromatic rings. The van der Waals surface area contributed by atoms with Crippen LogP contribution >= 0.6 is 23.2 Å². The number of carbonyl (C=O) groups is 2. The number of methoxy groups -OCH3 is 1. The van der Waals surface area contributed by atoms with Crippen LogP contribution in [0.2, 0.25) is 10.0 Å². The van der Waals surface area contributed by atoms with Crippen molar-refractivity contribution in [1.82, 2.24) is 4.90 Å². The number of hydrogen-bond acceptors (Lipinski definition) is 3. The third kappa shape index (κ3) is 5.79. The summed E-state index contributed by atoms with van der Waals surface area (Å²) in [7, 11) is 3.09. The average Bonchev–Trinajstić information content (AvgIpc) is 2.60. The minimum Gasteiger partial charge on any atom is -0.497 e. The first-order valence-corrected chi connectivity index (χ1v) is 8.47. The third-order valence-corrected chi connectivity index (χ3v) is 4.04. The first-order valence-electron chi connectivity index (χ1n) is 7.71. The lowest BCUT2D eigenvalue weighted by Crippen LogP contribution is -2.33. The van der Waals surface area contributed by atoms with Crippen LogP contribution in [0, 0.1) is 0 Å². The first-order chi connectivity index (χ1) is 12.4. The van der Waals surface area contributed by atoms with Gasteiger partial charge in [-0.1, -0.05) is 35.3 Å². The van der Waals surface area contributed by atoms with Gasteiger partial charge in [-0.3, -0.25) is 9.59 Å². The summed E-state index contributed by atoms with van der Waals surface area (Å²) in [5, 5.41) is 3.68. The lowest BCUT2D eigenvalue weighted by molar-refractivity contribution is -0.129. The molecular formula is C19H18Cl2N2O3. The van der Waals surface area contributed by atoms with Crippen molar-refractivity contribution in [3.63, 3.8) is 0 Å². The molecule has 2 aromatic carbocycles. The van der Waals surface area contributed by atoms with Crippen LogP contribution in [-0.4, -0.2) is 37.4 Å². The molecule has 136 valence electrons. The van der Waals surface area contributed by atoms with Crippen LogP contribution in [-0.2, 0) is 9.59 Å². The fourth-order valence-corrected chi connectivity index (χ4v) is 2.59. The summed E-state index contributed by atoms with van der Waals surface area (Å²) in [6.07, 6.45) is 2.94. The number of likely N-dealkylation sites (N-methyl/N-ethyl adjacent to an activating group) is 1. The second kappa shape index (κ2) is 9.27. The molecule has 0 spiro atoms. The van der Waals surface area contributed by atoms with Gasteiger partial charge in [0.25, 0.3) is 0 Å². The van der Waals surface area contributed by atoms with E-state index in [-0.39, 0.29) is 18.4 Å². The van der Waals surface area contributed by atoms with Crippen molar-refractivity contribution in [3.05, 3.63) is 64.1 Å². The van der Waals surface area contributed by atoms with E-state index >= 15 is 0 Å². The summed E-state index contributed by atoms with van der Waals surface area (Å²) in [6, 6.07) is 12.0. The molecule has 0 saturated carbocycles. The molecule has 7 heteroatoms. The summed E-state index contributed by atoms with van der Waals surface area (Å²) in [6.45, 7) is -0.0886. The number of nitrogens with zero attached hydrogens (tertiary/aromatic N) is 1. The Morgan fingerprint density at radius 2 is 1.96 bits per heavy atom. The lowest BCUT2D eigenvalue weighted by atomic mass is 10.2. The highest BCUT2D eigenvalue weighted by atomic mass is 35.5. The van der Waals surface area contributed by atoms with E-state index in [1.807, 2.05) is 0 Å². The van der Waals surface area contributed by atoms with E-state index in [0.717, 1.165) is 0 Å². The highest BCUT2D eigenvalue weighted by molar-refractivity contribution is 6.35. The zero-order chi connectivity index (χ0) is 19.1. The molecule has 5 nitrogen and oxygen atoms in total. The molecule has 0 radical (unpaired) electrons. The highest BCUT2D eigenvalue weighted by Gasteiger charge is 2.11. The SMILES string of the molecule is COc1cccc(NC(=O)CN(C)C(=O)/C=C/c2ccc(Cl)cc2Cl)c1. The number of benzene rings is 2. The van der Waals surface area contributed by atoms with Crippen molar-refractivity contribution in [1.29, 1.82) is 0 Å². The maximum Gasteiger partial charge on any atom is 0.246 e. The Morgan fingerprint density at radius 3 is 2.65 bits per heavy atom. The van der Waals surface area contributed by atoms with Crippen molar-refractivity contribution in [2.24, 2.45) is 0 Å². The molecule has 26 heavy (non-hydrogen) atoms. The Kier molecular flexibility index (Phi) is 7.06. The Morgan fingerprint density at radius 1 is 1.19 bits per heavy atom. The van der Waals surface area contributed by atoms with Gasteiger partial charge in [-0.05, 0) is 35.9 Å². The highest BCUT2D eigenvalue weighted by Crippen LogP contribution is 2.22. The fourth-order valence-electron chi connectivity index (χ4n) is 2.12. The quantitative estimate of drug-likeness (QED) is 0.752. The van der Waals surface area contributed by atoms with E-state index in [2.05, 4.69) is 5.32 Å². The topological polar surface area (TPSA) is 58.6 Å². The van der Waals surface area contributed by atoms with Crippen molar-refractivity contribution >= 4 is 46.8 Å². The van der Waals surface area contributed by atoms with E-state index in [1.165, 1.54) is 11.0 Å². The Hall–Kier alpha value is -2.50. The fraction of sp³-hybridized carbons (Fsp3) is 0.158. The number of halogens is 2. The lowest BCUT2D eigenvalue weighted by Gasteiger charge is -2.15. The van der Waals surface area contributed by atoms with Gasteiger partial charge in [0.05, 0.1) is 13.7 Å². The van der Waals surface area contributed by atoms with E-state index in [0.29, 0.717) is 27.0 Å². The molecular weight excluding hydrogens is 375 g/mol. The van der Waals surface area contributed by atoms with Gasteiger partial charge >= 0.3 is 0 Å². The van der Waals surface area contributed by atoms with Crippen LogP contribution < -0.4 is 10.1 Å². The summed E-state index contributed by atoms with van der Waals surface area (Å²) in [5.41, 5.74) is 1.26. The molecule has 2 rings (SSSR count). The van der Waals surface area contributed by atoms with Gasteiger partial charge in [0.2, 0.25) is 11.8 Å². The molecule has 0 heterocycles. The van der Waals surface area contributed by atoms with Crippen LogP contribution in [0.1, 0.15) is 5.56 Å². The van der Waals surface area contributed by atoms with Gasteiger partial charge in [0.15, 0.2) is 0 Å². The molecule has 2 amide bonds. The smallest absolute Gasteiger partial charge is 0.246 e. The maximum absolute atomic E-state index is 12.2. The monoisotopic (exact) mass is 392 g/mol. The summed E-state index contributed by atoms with van der Waals surface area (Å²) < 4.78 is 5.10.